The minimum Gasteiger partial charge on any atom is -0.383 e. The molecule has 0 fully saturated rings. The Balaban J connectivity index is 3.29. The van der Waals surface area contributed by atoms with E-state index in [9.17, 15) is 0 Å². The van der Waals surface area contributed by atoms with Crippen LogP contribution >= 0.6 is 0 Å². The van der Waals surface area contributed by atoms with Gasteiger partial charge in [-0.05, 0) is 12.5 Å². The summed E-state index contributed by atoms with van der Waals surface area (Å²) in [5, 5.41) is 3.22. The molecule has 0 aliphatic carbocycles. The molecule has 0 heterocycles. The Bertz CT molecular complexity index is 130. The maximum atomic E-state index is 4.88. The van der Waals surface area contributed by atoms with Gasteiger partial charge in [-0.2, -0.15) is 0 Å². The normalized spacial score (nSPS) is 11.6. The van der Waals surface area contributed by atoms with Crippen molar-refractivity contribution in [3.63, 3.8) is 0 Å². The number of hydrogen-bond acceptors (Lipinski definition) is 2. The first-order chi connectivity index (χ1) is 5.35. The molecular formula is C9H17NO. The number of ether oxygens (including phenoxy) is 1. The lowest BCUT2D eigenvalue weighted by Crippen LogP contribution is -2.21. The minimum atomic E-state index is 0.758. The Kier molecular flexibility index (Phi) is 7.10. The highest BCUT2D eigenvalue weighted by Gasteiger charge is 1.88. The van der Waals surface area contributed by atoms with E-state index in [0.29, 0.717) is 0 Å². The molecular weight excluding hydrogens is 138 g/mol. The smallest absolute Gasteiger partial charge is 0.0587 e. The zero-order chi connectivity index (χ0) is 8.53. The van der Waals surface area contributed by atoms with Crippen LogP contribution in [-0.4, -0.2) is 26.8 Å². The number of hydrogen-bond donors (Lipinski definition) is 1. The molecule has 1 N–H and O–H groups in total. The lowest BCUT2D eigenvalue weighted by Gasteiger charge is -2.03. The predicted octanol–water partition coefficient (Wildman–Crippen LogP) is 1.35. The van der Waals surface area contributed by atoms with Crippen LogP contribution in [0, 0.1) is 0 Å². The predicted molar refractivity (Wildman–Crippen MR) is 48.7 cm³/mol. The van der Waals surface area contributed by atoms with Crippen molar-refractivity contribution in [2.75, 3.05) is 26.8 Å². The second kappa shape index (κ2) is 7.51. The molecule has 2 nitrogen and oxygen atoms in total. The lowest BCUT2D eigenvalue weighted by atomic mass is 10.2. The van der Waals surface area contributed by atoms with Gasteiger partial charge in [-0.25, -0.2) is 0 Å². The number of allylic oxidation sites excluding steroid dienone is 1. The Hall–Kier alpha value is -0.600. The average molecular weight is 155 g/mol. The minimum absolute atomic E-state index is 0.758. The molecule has 0 saturated carbocycles. The molecule has 0 bridgehead atoms. The number of methoxy groups -OCH3 is 1. The van der Waals surface area contributed by atoms with Gasteiger partial charge in [0.25, 0.3) is 0 Å². The van der Waals surface area contributed by atoms with E-state index in [1.807, 2.05) is 19.1 Å². The summed E-state index contributed by atoms with van der Waals surface area (Å²) in [6.45, 7) is 8.23. The van der Waals surface area contributed by atoms with Gasteiger partial charge in [0.2, 0.25) is 0 Å². The van der Waals surface area contributed by atoms with E-state index in [1.54, 1.807) is 7.11 Å². The van der Waals surface area contributed by atoms with Crippen LogP contribution < -0.4 is 5.32 Å². The first-order valence-electron chi connectivity index (χ1n) is 3.82. The van der Waals surface area contributed by atoms with Gasteiger partial charge in [-0.1, -0.05) is 18.7 Å². The van der Waals surface area contributed by atoms with Crippen LogP contribution in [0.2, 0.25) is 0 Å². The summed E-state index contributed by atoms with van der Waals surface area (Å²) in [7, 11) is 1.70. The van der Waals surface area contributed by atoms with Crippen molar-refractivity contribution in [2.45, 2.75) is 6.92 Å². The van der Waals surface area contributed by atoms with Gasteiger partial charge in [0.1, 0.15) is 0 Å². The Labute approximate surface area is 68.9 Å². The molecule has 0 aromatic rings. The van der Waals surface area contributed by atoms with E-state index in [2.05, 4.69) is 11.9 Å². The maximum Gasteiger partial charge on any atom is 0.0587 e. The maximum absolute atomic E-state index is 4.88. The molecule has 0 radical (unpaired) electrons. The fourth-order valence-electron chi connectivity index (χ4n) is 0.699. The molecule has 0 rings (SSSR count). The van der Waals surface area contributed by atoms with Crippen molar-refractivity contribution in [2.24, 2.45) is 0 Å². The van der Waals surface area contributed by atoms with E-state index in [-0.39, 0.29) is 0 Å². The third-order valence-corrected chi connectivity index (χ3v) is 1.45. The molecule has 2 heteroatoms. The molecule has 0 aromatic carbocycles. The summed E-state index contributed by atoms with van der Waals surface area (Å²) in [6.07, 6.45) is 3.91. The van der Waals surface area contributed by atoms with E-state index in [4.69, 9.17) is 4.74 Å². The van der Waals surface area contributed by atoms with Gasteiger partial charge >= 0.3 is 0 Å². The van der Waals surface area contributed by atoms with Crippen molar-refractivity contribution in [3.8, 4) is 0 Å². The fourth-order valence-corrected chi connectivity index (χ4v) is 0.699. The van der Waals surface area contributed by atoms with E-state index < -0.39 is 0 Å². The SMILES string of the molecule is C=C/C(=C\C)CNCCOC. The second-order valence-electron chi connectivity index (χ2n) is 2.24. The van der Waals surface area contributed by atoms with Crippen molar-refractivity contribution < 1.29 is 4.74 Å². The van der Waals surface area contributed by atoms with Crippen LogP contribution in [0.1, 0.15) is 6.92 Å². The van der Waals surface area contributed by atoms with Crippen LogP contribution in [-0.2, 0) is 4.74 Å². The van der Waals surface area contributed by atoms with Gasteiger partial charge < -0.3 is 10.1 Å². The average Bonchev–Trinajstić information content (AvgIpc) is 2.05. The zero-order valence-electron chi connectivity index (χ0n) is 7.39. The van der Waals surface area contributed by atoms with Gasteiger partial charge in [0, 0.05) is 20.2 Å². The number of rotatable bonds is 6. The third-order valence-electron chi connectivity index (χ3n) is 1.45. The summed E-state index contributed by atoms with van der Waals surface area (Å²) in [4.78, 5) is 0. The van der Waals surface area contributed by atoms with Crippen molar-refractivity contribution in [1.82, 2.24) is 5.32 Å². The van der Waals surface area contributed by atoms with Crippen LogP contribution in [0.5, 0.6) is 0 Å². The van der Waals surface area contributed by atoms with Gasteiger partial charge in [-0.15, -0.1) is 0 Å². The van der Waals surface area contributed by atoms with Crippen LogP contribution in [0.15, 0.2) is 24.3 Å². The van der Waals surface area contributed by atoms with Gasteiger partial charge in [0.15, 0.2) is 0 Å². The monoisotopic (exact) mass is 155 g/mol. The Morgan fingerprint density at radius 3 is 2.82 bits per heavy atom. The molecule has 11 heavy (non-hydrogen) atoms. The molecule has 0 aliphatic heterocycles. The molecule has 0 atom stereocenters. The zero-order valence-corrected chi connectivity index (χ0v) is 7.39. The largest absolute Gasteiger partial charge is 0.383 e. The topological polar surface area (TPSA) is 21.3 Å². The summed E-state index contributed by atoms with van der Waals surface area (Å²) in [6, 6.07) is 0. The van der Waals surface area contributed by atoms with Crippen molar-refractivity contribution >= 4 is 0 Å². The van der Waals surface area contributed by atoms with Crippen LogP contribution in [0.3, 0.4) is 0 Å². The molecule has 0 saturated heterocycles. The van der Waals surface area contributed by atoms with E-state index in [1.165, 1.54) is 5.57 Å². The summed E-state index contributed by atoms with van der Waals surface area (Å²) in [5.41, 5.74) is 1.22. The molecule has 0 spiro atoms. The van der Waals surface area contributed by atoms with Crippen LogP contribution in [0.4, 0.5) is 0 Å². The van der Waals surface area contributed by atoms with E-state index >= 15 is 0 Å². The van der Waals surface area contributed by atoms with Crippen LogP contribution in [0.25, 0.3) is 0 Å². The van der Waals surface area contributed by atoms with Crippen molar-refractivity contribution in [3.05, 3.63) is 24.3 Å². The fraction of sp³-hybridized carbons (Fsp3) is 0.556. The lowest BCUT2D eigenvalue weighted by molar-refractivity contribution is 0.200. The third kappa shape index (κ3) is 5.83. The highest BCUT2D eigenvalue weighted by atomic mass is 16.5. The number of nitrogens with one attached hydrogen (secondary N) is 1. The standard InChI is InChI=1S/C9H17NO/c1-4-9(5-2)8-10-6-7-11-3/h4-5,10H,1,6-8H2,2-3H3/b9-5+. The van der Waals surface area contributed by atoms with Crippen molar-refractivity contribution in [1.29, 1.82) is 0 Å². The van der Waals surface area contributed by atoms with Gasteiger partial charge in [-0.3, -0.25) is 0 Å². The van der Waals surface area contributed by atoms with Gasteiger partial charge in [0.05, 0.1) is 6.61 Å². The Morgan fingerprint density at radius 2 is 2.36 bits per heavy atom. The highest BCUT2D eigenvalue weighted by molar-refractivity contribution is 5.16. The summed E-state index contributed by atoms with van der Waals surface area (Å²) in [5.74, 6) is 0. The summed E-state index contributed by atoms with van der Waals surface area (Å²) >= 11 is 0. The first kappa shape index (κ1) is 10.4. The van der Waals surface area contributed by atoms with E-state index in [0.717, 1.165) is 19.7 Å². The molecule has 0 aliphatic rings. The molecule has 0 amide bonds. The molecule has 0 aromatic heterocycles. The second-order valence-corrected chi connectivity index (χ2v) is 2.24. The molecule has 64 valence electrons. The Morgan fingerprint density at radius 1 is 1.64 bits per heavy atom. The summed E-state index contributed by atoms with van der Waals surface area (Å²) < 4.78 is 4.88. The first-order valence-corrected chi connectivity index (χ1v) is 3.82. The quantitative estimate of drug-likeness (QED) is 0.462. The molecule has 0 unspecified atom stereocenters. The highest BCUT2D eigenvalue weighted by Crippen LogP contribution is 1.90.